The van der Waals surface area contributed by atoms with Crippen LogP contribution in [0.15, 0.2) is 40.9 Å². The maximum absolute atomic E-state index is 12.7. The molecule has 28 heavy (non-hydrogen) atoms. The van der Waals surface area contributed by atoms with Crippen LogP contribution >= 0.6 is 39.1 Å². The SMILES string of the molecule is CCS(=O)(=O)N(c1cc(Br)c(C(=O)c2ccc(Cl)cc2)cc1Cl)S(=O)(=O)CC. The second-order valence-electron chi connectivity index (χ2n) is 5.62. The monoisotopic (exact) mass is 527 g/mol. The number of sulfonamides is 2. The summed E-state index contributed by atoms with van der Waals surface area (Å²) < 4.78 is 50.3. The first-order valence-electron chi connectivity index (χ1n) is 7.99. The Morgan fingerprint density at radius 2 is 1.46 bits per heavy atom. The number of anilines is 1. The molecule has 0 radical (unpaired) electrons. The van der Waals surface area contributed by atoms with Crippen LogP contribution in [0.3, 0.4) is 0 Å². The molecule has 0 unspecified atom stereocenters. The van der Waals surface area contributed by atoms with E-state index in [0.717, 1.165) is 0 Å². The number of hydrogen-bond acceptors (Lipinski definition) is 5. The average Bonchev–Trinajstić information content (AvgIpc) is 2.64. The zero-order chi connectivity index (χ0) is 21.3. The van der Waals surface area contributed by atoms with E-state index in [4.69, 9.17) is 23.2 Å². The Morgan fingerprint density at radius 3 is 1.93 bits per heavy atom. The first-order valence-corrected chi connectivity index (χ1v) is 12.8. The van der Waals surface area contributed by atoms with Crippen LogP contribution in [-0.4, -0.2) is 34.1 Å². The number of benzene rings is 2. The van der Waals surface area contributed by atoms with E-state index in [-0.39, 0.29) is 26.5 Å². The molecule has 0 saturated carbocycles. The Morgan fingerprint density at radius 1 is 0.964 bits per heavy atom. The van der Waals surface area contributed by atoms with Gasteiger partial charge in [0.05, 0.1) is 22.2 Å². The summed E-state index contributed by atoms with van der Waals surface area (Å²) in [7, 11) is -8.34. The third-order valence-electron chi connectivity index (χ3n) is 3.82. The number of ketones is 1. The Bertz CT molecular complexity index is 1080. The fraction of sp³-hybridized carbons (Fsp3) is 0.235. The summed E-state index contributed by atoms with van der Waals surface area (Å²) >= 11 is 15.3. The highest BCUT2D eigenvalue weighted by Gasteiger charge is 2.34. The van der Waals surface area contributed by atoms with Gasteiger partial charge in [0.15, 0.2) is 5.78 Å². The molecule has 0 N–H and O–H groups in total. The van der Waals surface area contributed by atoms with E-state index in [1.54, 1.807) is 12.1 Å². The molecule has 0 aliphatic carbocycles. The van der Waals surface area contributed by atoms with E-state index in [9.17, 15) is 21.6 Å². The summed E-state index contributed by atoms with van der Waals surface area (Å²) in [6, 6.07) is 8.64. The van der Waals surface area contributed by atoms with Crippen LogP contribution in [0, 0.1) is 0 Å². The lowest BCUT2D eigenvalue weighted by Crippen LogP contribution is -2.39. The van der Waals surface area contributed by atoms with Crippen molar-refractivity contribution in [2.24, 2.45) is 0 Å². The van der Waals surface area contributed by atoms with Gasteiger partial charge in [0, 0.05) is 20.6 Å². The van der Waals surface area contributed by atoms with E-state index in [0.29, 0.717) is 14.3 Å². The highest BCUT2D eigenvalue weighted by atomic mass is 79.9. The van der Waals surface area contributed by atoms with Crippen molar-refractivity contribution >= 4 is 70.6 Å². The van der Waals surface area contributed by atoms with Gasteiger partial charge in [-0.1, -0.05) is 23.2 Å². The maximum atomic E-state index is 12.7. The highest BCUT2D eigenvalue weighted by Crippen LogP contribution is 2.36. The molecule has 2 aromatic carbocycles. The Hall–Kier alpha value is -1.13. The van der Waals surface area contributed by atoms with Crippen molar-refractivity contribution in [1.82, 2.24) is 0 Å². The molecule has 0 spiro atoms. The van der Waals surface area contributed by atoms with Gasteiger partial charge in [-0.2, -0.15) is 3.71 Å². The molecule has 0 aliphatic heterocycles. The molecule has 0 amide bonds. The van der Waals surface area contributed by atoms with Crippen LogP contribution in [0.25, 0.3) is 0 Å². The predicted octanol–water partition coefficient (Wildman–Crippen LogP) is 4.49. The fourth-order valence-electron chi connectivity index (χ4n) is 2.31. The standard InChI is InChI=1S/C17H16BrCl2NO5S2/c1-3-27(23,24)21(28(25,26)4-2)16-10-14(18)13(9-15(16)20)17(22)11-5-7-12(19)8-6-11/h5-10H,3-4H2,1-2H3. The topological polar surface area (TPSA) is 88.6 Å². The molecular formula is C17H16BrCl2NO5S2. The van der Waals surface area contributed by atoms with E-state index in [2.05, 4.69) is 15.9 Å². The zero-order valence-electron chi connectivity index (χ0n) is 14.8. The molecule has 0 atom stereocenters. The van der Waals surface area contributed by atoms with Crippen molar-refractivity contribution in [3.63, 3.8) is 0 Å². The quantitative estimate of drug-likeness (QED) is 0.494. The van der Waals surface area contributed by atoms with Gasteiger partial charge in [-0.3, -0.25) is 4.79 Å². The van der Waals surface area contributed by atoms with Gasteiger partial charge in [-0.05, 0) is 66.2 Å². The van der Waals surface area contributed by atoms with Crippen molar-refractivity contribution in [2.45, 2.75) is 13.8 Å². The van der Waals surface area contributed by atoms with Gasteiger partial charge in [0.2, 0.25) is 20.0 Å². The van der Waals surface area contributed by atoms with Gasteiger partial charge in [0.25, 0.3) is 0 Å². The van der Waals surface area contributed by atoms with Gasteiger partial charge in [0.1, 0.15) is 0 Å². The molecule has 2 aromatic rings. The van der Waals surface area contributed by atoms with Crippen molar-refractivity contribution in [1.29, 1.82) is 0 Å². The number of hydrogen-bond donors (Lipinski definition) is 0. The van der Waals surface area contributed by atoms with Crippen LogP contribution in [0.1, 0.15) is 29.8 Å². The molecule has 0 saturated heterocycles. The lowest BCUT2D eigenvalue weighted by atomic mass is 10.0. The smallest absolute Gasteiger partial charge is 0.248 e. The van der Waals surface area contributed by atoms with Gasteiger partial charge in [-0.25, -0.2) is 16.8 Å². The summed E-state index contributed by atoms with van der Waals surface area (Å²) in [5, 5.41) is 0.281. The van der Waals surface area contributed by atoms with Crippen LogP contribution < -0.4 is 3.71 Å². The largest absolute Gasteiger partial charge is 0.289 e. The van der Waals surface area contributed by atoms with Crippen LogP contribution in [0.4, 0.5) is 5.69 Å². The van der Waals surface area contributed by atoms with Crippen LogP contribution in [-0.2, 0) is 20.0 Å². The summed E-state index contributed by atoms with van der Waals surface area (Å²) in [5.41, 5.74) is 0.247. The number of nitrogens with zero attached hydrogens (tertiary/aromatic N) is 1. The van der Waals surface area contributed by atoms with Gasteiger partial charge >= 0.3 is 0 Å². The normalized spacial score (nSPS) is 12.0. The Balaban J connectivity index is 2.64. The van der Waals surface area contributed by atoms with Crippen molar-refractivity contribution in [3.05, 3.63) is 62.0 Å². The maximum Gasteiger partial charge on any atom is 0.248 e. The highest BCUT2D eigenvalue weighted by molar-refractivity contribution is 9.10. The van der Waals surface area contributed by atoms with E-state index in [1.165, 1.54) is 38.1 Å². The predicted molar refractivity (Wildman–Crippen MR) is 115 cm³/mol. The minimum Gasteiger partial charge on any atom is -0.289 e. The third-order valence-corrected chi connectivity index (χ3v) is 9.26. The minimum atomic E-state index is -4.17. The zero-order valence-corrected chi connectivity index (χ0v) is 19.5. The molecule has 6 nitrogen and oxygen atoms in total. The fourth-order valence-corrected chi connectivity index (χ4v) is 6.69. The first-order chi connectivity index (χ1) is 12.9. The van der Waals surface area contributed by atoms with Crippen molar-refractivity contribution in [3.8, 4) is 0 Å². The Kier molecular flexibility index (Phi) is 7.20. The summed E-state index contributed by atoms with van der Waals surface area (Å²) in [6.07, 6.45) is 0. The molecule has 0 heterocycles. The van der Waals surface area contributed by atoms with Crippen LogP contribution in [0.2, 0.25) is 10.0 Å². The first kappa shape index (κ1) is 23.2. The molecule has 0 fully saturated rings. The lowest BCUT2D eigenvalue weighted by molar-refractivity contribution is 0.103. The summed E-state index contributed by atoms with van der Waals surface area (Å²) in [4.78, 5) is 12.7. The molecule has 11 heteroatoms. The second-order valence-corrected chi connectivity index (χ2v) is 11.8. The molecule has 0 aliphatic rings. The molecule has 152 valence electrons. The van der Waals surface area contributed by atoms with Gasteiger partial charge < -0.3 is 0 Å². The lowest BCUT2D eigenvalue weighted by Gasteiger charge is -2.24. The number of carbonyl (C=O) groups excluding carboxylic acids is 1. The Labute approximate surface area is 182 Å². The van der Waals surface area contributed by atoms with Gasteiger partial charge in [-0.15, -0.1) is 0 Å². The minimum absolute atomic E-state index is 0.152. The molecular weight excluding hydrogens is 513 g/mol. The van der Waals surface area contributed by atoms with Crippen molar-refractivity contribution in [2.75, 3.05) is 15.2 Å². The number of carbonyl (C=O) groups is 1. The van der Waals surface area contributed by atoms with Crippen LogP contribution in [0.5, 0.6) is 0 Å². The number of halogens is 3. The second kappa shape index (κ2) is 8.71. The van der Waals surface area contributed by atoms with E-state index >= 15 is 0 Å². The molecule has 0 bridgehead atoms. The number of rotatable bonds is 7. The summed E-state index contributed by atoms with van der Waals surface area (Å²) in [5.74, 6) is -1.27. The summed E-state index contributed by atoms with van der Waals surface area (Å²) in [6.45, 7) is 2.66. The van der Waals surface area contributed by atoms with E-state index < -0.39 is 31.6 Å². The third kappa shape index (κ3) is 4.71. The molecule has 2 rings (SSSR count). The van der Waals surface area contributed by atoms with Crippen molar-refractivity contribution < 1.29 is 21.6 Å². The van der Waals surface area contributed by atoms with E-state index in [1.807, 2.05) is 0 Å². The molecule has 0 aromatic heterocycles. The average molecular weight is 529 g/mol.